The highest BCUT2D eigenvalue weighted by molar-refractivity contribution is 5.96. The molecule has 3 rings (SSSR count). The van der Waals surface area contributed by atoms with Gasteiger partial charge in [0, 0.05) is 12.2 Å². The number of nitrogens with two attached hydrogens (primary N) is 1. The SMILES string of the molecule is Cc1cccc(F)c1C(=O)N1CCCC[C@@H]1c1ccc(N)cc1. The molecule has 3 nitrogen and oxygen atoms in total. The predicted octanol–water partition coefficient (Wildman–Crippen LogP) is 4.08. The topological polar surface area (TPSA) is 46.3 Å². The maximum absolute atomic E-state index is 14.2. The van der Waals surface area contributed by atoms with Crippen LogP contribution in [-0.4, -0.2) is 17.4 Å². The Morgan fingerprint density at radius 1 is 1.17 bits per heavy atom. The van der Waals surface area contributed by atoms with E-state index in [1.54, 1.807) is 24.0 Å². The fourth-order valence-corrected chi connectivity index (χ4v) is 3.29. The zero-order valence-corrected chi connectivity index (χ0v) is 13.3. The van der Waals surface area contributed by atoms with Gasteiger partial charge in [0.1, 0.15) is 5.82 Å². The van der Waals surface area contributed by atoms with Crippen molar-refractivity contribution in [3.8, 4) is 0 Å². The molecule has 1 aliphatic rings. The van der Waals surface area contributed by atoms with Gasteiger partial charge in [-0.05, 0) is 55.5 Å². The number of nitrogens with zero attached hydrogens (tertiary/aromatic N) is 1. The number of hydrogen-bond acceptors (Lipinski definition) is 2. The van der Waals surface area contributed by atoms with Crippen LogP contribution in [0.25, 0.3) is 0 Å². The zero-order valence-electron chi connectivity index (χ0n) is 13.3. The minimum Gasteiger partial charge on any atom is -0.399 e. The molecule has 2 N–H and O–H groups in total. The lowest BCUT2D eigenvalue weighted by Crippen LogP contribution is -2.39. The lowest BCUT2D eigenvalue weighted by atomic mass is 9.93. The van der Waals surface area contributed by atoms with Crippen molar-refractivity contribution in [1.29, 1.82) is 0 Å². The molecule has 1 fully saturated rings. The summed E-state index contributed by atoms with van der Waals surface area (Å²) in [5, 5.41) is 0. The van der Waals surface area contributed by atoms with Gasteiger partial charge in [0.05, 0.1) is 11.6 Å². The molecular formula is C19H21FN2O. The molecule has 0 aromatic heterocycles. The van der Waals surface area contributed by atoms with Gasteiger partial charge in [-0.3, -0.25) is 4.79 Å². The van der Waals surface area contributed by atoms with E-state index in [0.29, 0.717) is 17.8 Å². The number of piperidine rings is 1. The van der Waals surface area contributed by atoms with Crippen LogP contribution in [0.5, 0.6) is 0 Å². The summed E-state index contributed by atoms with van der Waals surface area (Å²) in [6.07, 6.45) is 2.91. The summed E-state index contributed by atoms with van der Waals surface area (Å²) in [6.45, 7) is 2.43. The van der Waals surface area contributed by atoms with Crippen molar-refractivity contribution in [1.82, 2.24) is 4.90 Å². The van der Waals surface area contributed by atoms with E-state index in [1.165, 1.54) is 6.07 Å². The van der Waals surface area contributed by atoms with Crippen molar-refractivity contribution in [2.45, 2.75) is 32.2 Å². The summed E-state index contributed by atoms with van der Waals surface area (Å²) in [6, 6.07) is 12.4. The van der Waals surface area contributed by atoms with E-state index in [1.807, 2.05) is 24.3 Å². The molecule has 1 aliphatic heterocycles. The van der Waals surface area contributed by atoms with Gasteiger partial charge in [-0.1, -0.05) is 24.3 Å². The molecule has 0 bridgehead atoms. The fraction of sp³-hybridized carbons (Fsp3) is 0.316. The van der Waals surface area contributed by atoms with Gasteiger partial charge in [-0.15, -0.1) is 0 Å². The highest BCUT2D eigenvalue weighted by Gasteiger charge is 2.30. The number of carbonyl (C=O) groups excluding carboxylic acids is 1. The highest BCUT2D eigenvalue weighted by Crippen LogP contribution is 2.33. The first-order valence-electron chi connectivity index (χ1n) is 7.99. The van der Waals surface area contributed by atoms with Crippen LogP contribution in [0.15, 0.2) is 42.5 Å². The number of likely N-dealkylation sites (tertiary alicyclic amines) is 1. The molecule has 1 heterocycles. The molecule has 1 saturated heterocycles. The number of anilines is 1. The lowest BCUT2D eigenvalue weighted by Gasteiger charge is -2.36. The van der Waals surface area contributed by atoms with Gasteiger partial charge < -0.3 is 10.6 Å². The monoisotopic (exact) mass is 312 g/mol. The molecule has 0 spiro atoms. The Kier molecular flexibility index (Phi) is 4.33. The van der Waals surface area contributed by atoms with Gasteiger partial charge in [0.25, 0.3) is 5.91 Å². The van der Waals surface area contributed by atoms with E-state index in [4.69, 9.17) is 5.73 Å². The molecule has 0 saturated carbocycles. The number of amides is 1. The average molecular weight is 312 g/mol. The molecule has 120 valence electrons. The minimum atomic E-state index is -0.448. The van der Waals surface area contributed by atoms with E-state index in [-0.39, 0.29) is 17.5 Å². The maximum Gasteiger partial charge on any atom is 0.257 e. The molecule has 2 aromatic rings. The van der Waals surface area contributed by atoms with Crippen molar-refractivity contribution < 1.29 is 9.18 Å². The van der Waals surface area contributed by atoms with Crippen LogP contribution in [0.3, 0.4) is 0 Å². The Labute approximate surface area is 135 Å². The second-order valence-corrected chi connectivity index (χ2v) is 6.11. The molecule has 23 heavy (non-hydrogen) atoms. The third-order valence-electron chi connectivity index (χ3n) is 4.52. The van der Waals surface area contributed by atoms with Crippen LogP contribution in [0.2, 0.25) is 0 Å². The highest BCUT2D eigenvalue weighted by atomic mass is 19.1. The summed E-state index contributed by atoms with van der Waals surface area (Å²) >= 11 is 0. The first-order chi connectivity index (χ1) is 11.1. The molecular weight excluding hydrogens is 291 g/mol. The smallest absolute Gasteiger partial charge is 0.257 e. The molecule has 0 aliphatic carbocycles. The quantitative estimate of drug-likeness (QED) is 0.849. The number of aryl methyl sites for hydroxylation is 1. The summed E-state index contributed by atoms with van der Waals surface area (Å²) in [5.74, 6) is -0.668. The zero-order chi connectivity index (χ0) is 16.4. The van der Waals surface area contributed by atoms with Gasteiger partial charge >= 0.3 is 0 Å². The minimum absolute atomic E-state index is 0.0177. The Morgan fingerprint density at radius 3 is 2.61 bits per heavy atom. The van der Waals surface area contributed by atoms with Crippen molar-refractivity contribution >= 4 is 11.6 Å². The Balaban J connectivity index is 1.95. The van der Waals surface area contributed by atoms with Crippen LogP contribution >= 0.6 is 0 Å². The number of hydrogen-bond donors (Lipinski definition) is 1. The fourth-order valence-electron chi connectivity index (χ4n) is 3.29. The van der Waals surface area contributed by atoms with Crippen molar-refractivity contribution in [3.05, 3.63) is 65.0 Å². The van der Waals surface area contributed by atoms with Crippen LogP contribution in [0.4, 0.5) is 10.1 Å². The van der Waals surface area contributed by atoms with Crippen molar-refractivity contribution in [3.63, 3.8) is 0 Å². The first-order valence-corrected chi connectivity index (χ1v) is 7.99. The van der Waals surface area contributed by atoms with Gasteiger partial charge in [-0.2, -0.15) is 0 Å². The number of halogens is 1. The van der Waals surface area contributed by atoms with Gasteiger partial charge in [0.15, 0.2) is 0 Å². The van der Waals surface area contributed by atoms with Crippen molar-refractivity contribution in [2.24, 2.45) is 0 Å². The third kappa shape index (κ3) is 3.07. The van der Waals surface area contributed by atoms with Gasteiger partial charge in [0.2, 0.25) is 0 Å². The van der Waals surface area contributed by atoms with E-state index in [2.05, 4.69) is 0 Å². The summed E-state index contributed by atoms with van der Waals surface area (Å²) in [7, 11) is 0. The van der Waals surface area contributed by atoms with Crippen LogP contribution in [0.1, 0.15) is 46.8 Å². The van der Waals surface area contributed by atoms with E-state index >= 15 is 0 Å². The molecule has 1 atom stereocenters. The maximum atomic E-state index is 14.2. The molecule has 0 unspecified atom stereocenters. The Hall–Kier alpha value is -2.36. The predicted molar refractivity (Wildman–Crippen MR) is 89.6 cm³/mol. The normalized spacial score (nSPS) is 18.0. The number of nitrogen functional groups attached to an aromatic ring is 1. The third-order valence-corrected chi connectivity index (χ3v) is 4.52. The van der Waals surface area contributed by atoms with Crippen LogP contribution < -0.4 is 5.73 Å². The largest absolute Gasteiger partial charge is 0.399 e. The molecule has 0 radical (unpaired) electrons. The standard InChI is InChI=1S/C19H21FN2O/c1-13-5-4-6-16(20)18(13)19(23)22-12-3-2-7-17(22)14-8-10-15(21)11-9-14/h4-6,8-11,17H,2-3,7,12,21H2,1H3/t17-/m1/s1. The molecule has 4 heteroatoms. The van der Waals surface area contributed by atoms with E-state index < -0.39 is 5.82 Å². The summed E-state index contributed by atoms with van der Waals surface area (Å²) < 4.78 is 14.2. The number of carbonyl (C=O) groups is 1. The lowest BCUT2D eigenvalue weighted by molar-refractivity contribution is 0.0606. The van der Waals surface area contributed by atoms with Crippen LogP contribution in [-0.2, 0) is 0 Å². The molecule has 1 amide bonds. The van der Waals surface area contributed by atoms with Gasteiger partial charge in [-0.25, -0.2) is 4.39 Å². The second-order valence-electron chi connectivity index (χ2n) is 6.11. The van der Waals surface area contributed by atoms with Crippen molar-refractivity contribution in [2.75, 3.05) is 12.3 Å². The average Bonchev–Trinajstić information content (AvgIpc) is 2.55. The van der Waals surface area contributed by atoms with E-state index in [0.717, 1.165) is 24.8 Å². The van der Waals surface area contributed by atoms with E-state index in [9.17, 15) is 9.18 Å². The molecule has 2 aromatic carbocycles. The Morgan fingerprint density at radius 2 is 1.91 bits per heavy atom. The summed E-state index contributed by atoms with van der Waals surface area (Å²) in [4.78, 5) is 14.8. The summed E-state index contributed by atoms with van der Waals surface area (Å²) in [5.41, 5.74) is 8.38. The Bertz CT molecular complexity index is 692. The number of rotatable bonds is 2. The first kappa shape index (κ1) is 15.5. The van der Waals surface area contributed by atoms with Crippen LogP contribution in [0, 0.1) is 12.7 Å². The number of benzene rings is 2. The second kappa shape index (κ2) is 6.41.